The Balaban J connectivity index is 1.31. The summed E-state index contributed by atoms with van der Waals surface area (Å²) in [6.07, 6.45) is -0.468. The largest absolute Gasteiger partial charge is 0.456 e. The molecule has 28 heavy (non-hydrogen) atoms. The minimum absolute atomic E-state index is 0.127. The van der Waals surface area contributed by atoms with Crippen LogP contribution in [0.2, 0.25) is 0 Å². The molecule has 0 bridgehead atoms. The molecular formula is C22H18N2O4. The lowest BCUT2D eigenvalue weighted by Gasteiger charge is -2.07. The number of carbonyl (C=O) groups is 2. The van der Waals surface area contributed by atoms with Crippen LogP contribution >= 0.6 is 0 Å². The first-order chi connectivity index (χ1) is 13.7. The van der Waals surface area contributed by atoms with Crippen molar-refractivity contribution in [1.29, 1.82) is 0 Å². The van der Waals surface area contributed by atoms with Gasteiger partial charge in [-0.25, -0.2) is 4.79 Å². The molecule has 0 aliphatic heterocycles. The Hall–Kier alpha value is -3.80. The van der Waals surface area contributed by atoms with Gasteiger partial charge in [-0.3, -0.25) is 4.79 Å². The van der Waals surface area contributed by atoms with Crippen LogP contribution in [0.25, 0.3) is 21.9 Å². The predicted molar refractivity (Wildman–Crippen MR) is 107 cm³/mol. The summed E-state index contributed by atoms with van der Waals surface area (Å²) >= 11 is 0. The van der Waals surface area contributed by atoms with Gasteiger partial charge in [-0.05, 0) is 30.3 Å². The number of ether oxygens (including phenoxy) is 1. The van der Waals surface area contributed by atoms with Crippen LogP contribution in [0.1, 0.15) is 6.42 Å². The fourth-order valence-electron chi connectivity index (χ4n) is 2.94. The van der Waals surface area contributed by atoms with E-state index in [0.29, 0.717) is 17.0 Å². The van der Waals surface area contributed by atoms with Gasteiger partial charge >= 0.3 is 6.09 Å². The normalized spacial score (nSPS) is 10.7. The van der Waals surface area contributed by atoms with Gasteiger partial charge in [-0.2, -0.15) is 0 Å². The Kier molecular flexibility index (Phi) is 4.93. The number of para-hydroxylation sites is 2. The summed E-state index contributed by atoms with van der Waals surface area (Å²) < 4.78 is 10.9. The van der Waals surface area contributed by atoms with Gasteiger partial charge < -0.3 is 19.8 Å². The van der Waals surface area contributed by atoms with Crippen LogP contribution in [-0.2, 0) is 4.79 Å². The van der Waals surface area contributed by atoms with E-state index in [4.69, 9.17) is 9.15 Å². The molecule has 0 saturated heterocycles. The molecule has 0 unspecified atom stereocenters. The van der Waals surface area contributed by atoms with Gasteiger partial charge in [0.1, 0.15) is 16.9 Å². The van der Waals surface area contributed by atoms with Crippen LogP contribution in [0.5, 0.6) is 5.75 Å². The van der Waals surface area contributed by atoms with Crippen molar-refractivity contribution in [2.24, 2.45) is 0 Å². The third kappa shape index (κ3) is 3.96. The predicted octanol–water partition coefficient (Wildman–Crippen LogP) is 4.70. The number of amides is 2. The van der Waals surface area contributed by atoms with Gasteiger partial charge in [0.15, 0.2) is 0 Å². The van der Waals surface area contributed by atoms with Crippen LogP contribution in [-0.4, -0.2) is 18.5 Å². The molecule has 0 atom stereocenters. The maximum absolute atomic E-state index is 12.1. The topological polar surface area (TPSA) is 80.6 Å². The van der Waals surface area contributed by atoms with Gasteiger partial charge in [0.05, 0.1) is 0 Å². The fourth-order valence-corrected chi connectivity index (χ4v) is 2.94. The van der Waals surface area contributed by atoms with Gasteiger partial charge in [0.2, 0.25) is 5.91 Å². The lowest BCUT2D eigenvalue weighted by Crippen LogP contribution is -2.30. The maximum Gasteiger partial charge on any atom is 0.412 e. The number of anilines is 1. The second kappa shape index (κ2) is 7.84. The molecule has 3 aromatic carbocycles. The second-order valence-corrected chi connectivity index (χ2v) is 6.24. The Morgan fingerprint density at radius 2 is 1.61 bits per heavy atom. The molecule has 140 valence electrons. The van der Waals surface area contributed by atoms with Crippen molar-refractivity contribution in [2.45, 2.75) is 6.42 Å². The first-order valence-corrected chi connectivity index (χ1v) is 8.91. The van der Waals surface area contributed by atoms with Gasteiger partial charge in [-0.1, -0.05) is 36.4 Å². The maximum atomic E-state index is 12.1. The van der Waals surface area contributed by atoms with Crippen LogP contribution in [0.4, 0.5) is 10.5 Å². The van der Waals surface area contributed by atoms with Crippen molar-refractivity contribution in [3.05, 3.63) is 72.8 Å². The average molecular weight is 374 g/mol. The summed E-state index contributed by atoms with van der Waals surface area (Å²) in [5.41, 5.74) is 2.16. The van der Waals surface area contributed by atoms with E-state index >= 15 is 0 Å². The SMILES string of the molecule is O=C(CCNC(=O)Oc1ccccc1)Nc1ccc2c(c1)oc1ccccc12. The Bertz CT molecular complexity index is 1140. The van der Waals surface area contributed by atoms with Crippen LogP contribution in [0, 0.1) is 0 Å². The van der Waals surface area contributed by atoms with E-state index in [1.165, 1.54) is 0 Å². The van der Waals surface area contributed by atoms with Crippen LogP contribution in [0.3, 0.4) is 0 Å². The number of furan rings is 1. The Morgan fingerprint density at radius 1 is 0.857 bits per heavy atom. The Labute approximate surface area is 161 Å². The van der Waals surface area contributed by atoms with Gasteiger partial charge in [0.25, 0.3) is 0 Å². The van der Waals surface area contributed by atoms with Crippen molar-refractivity contribution in [3.63, 3.8) is 0 Å². The number of nitrogens with one attached hydrogen (secondary N) is 2. The molecule has 6 nitrogen and oxygen atoms in total. The molecule has 0 radical (unpaired) electrons. The molecule has 0 aliphatic rings. The van der Waals surface area contributed by atoms with E-state index in [0.717, 1.165) is 16.4 Å². The molecule has 0 saturated carbocycles. The standard InChI is InChI=1S/C22H18N2O4/c25-21(12-13-23-22(26)27-16-6-2-1-3-7-16)24-15-10-11-18-17-8-4-5-9-19(17)28-20(18)14-15/h1-11,14H,12-13H2,(H,23,26)(H,24,25). The van der Waals surface area contributed by atoms with E-state index in [-0.39, 0.29) is 18.9 Å². The first kappa shape index (κ1) is 17.6. The van der Waals surface area contributed by atoms with Gasteiger partial charge in [0, 0.05) is 35.5 Å². The van der Waals surface area contributed by atoms with E-state index in [1.807, 2.05) is 42.5 Å². The summed E-state index contributed by atoms with van der Waals surface area (Å²) in [6.45, 7) is 0.171. The zero-order valence-electron chi connectivity index (χ0n) is 15.0. The van der Waals surface area contributed by atoms with Crippen LogP contribution < -0.4 is 15.4 Å². The van der Waals surface area contributed by atoms with E-state index in [2.05, 4.69) is 10.6 Å². The van der Waals surface area contributed by atoms with Crippen molar-refractivity contribution >= 4 is 39.6 Å². The molecule has 0 aliphatic carbocycles. The molecule has 2 amide bonds. The summed E-state index contributed by atoms with van der Waals surface area (Å²) in [5, 5.41) is 7.40. The number of rotatable bonds is 5. The third-order valence-electron chi connectivity index (χ3n) is 4.24. The molecule has 4 rings (SSSR count). The lowest BCUT2D eigenvalue weighted by atomic mass is 10.1. The first-order valence-electron chi connectivity index (χ1n) is 8.91. The Morgan fingerprint density at radius 3 is 2.46 bits per heavy atom. The average Bonchev–Trinajstić information content (AvgIpc) is 3.06. The monoisotopic (exact) mass is 374 g/mol. The van der Waals surface area contributed by atoms with E-state index < -0.39 is 6.09 Å². The molecule has 4 aromatic rings. The highest BCUT2D eigenvalue weighted by Crippen LogP contribution is 2.30. The molecule has 0 fully saturated rings. The summed E-state index contributed by atoms with van der Waals surface area (Å²) in [5.74, 6) is 0.235. The number of hydrogen-bond acceptors (Lipinski definition) is 4. The van der Waals surface area contributed by atoms with Crippen LogP contribution in [0.15, 0.2) is 77.2 Å². The minimum atomic E-state index is -0.595. The molecule has 6 heteroatoms. The minimum Gasteiger partial charge on any atom is -0.456 e. The zero-order chi connectivity index (χ0) is 19.3. The molecule has 1 aromatic heterocycles. The lowest BCUT2D eigenvalue weighted by molar-refractivity contribution is -0.116. The number of hydrogen-bond donors (Lipinski definition) is 2. The highest BCUT2D eigenvalue weighted by molar-refractivity contribution is 6.06. The summed E-state index contributed by atoms with van der Waals surface area (Å²) in [6, 6.07) is 22.1. The van der Waals surface area contributed by atoms with Crippen molar-refractivity contribution in [2.75, 3.05) is 11.9 Å². The zero-order valence-corrected chi connectivity index (χ0v) is 15.0. The molecule has 1 heterocycles. The number of benzene rings is 3. The number of fused-ring (bicyclic) bond motifs is 3. The van der Waals surface area contributed by atoms with E-state index in [1.54, 1.807) is 30.3 Å². The van der Waals surface area contributed by atoms with Crippen molar-refractivity contribution in [3.8, 4) is 5.75 Å². The second-order valence-electron chi connectivity index (χ2n) is 6.24. The molecule has 2 N–H and O–H groups in total. The highest BCUT2D eigenvalue weighted by atomic mass is 16.6. The highest BCUT2D eigenvalue weighted by Gasteiger charge is 2.09. The van der Waals surface area contributed by atoms with E-state index in [9.17, 15) is 9.59 Å². The quantitative estimate of drug-likeness (QED) is 0.530. The summed E-state index contributed by atoms with van der Waals surface area (Å²) in [7, 11) is 0. The van der Waals surface area contributed by atoms with Crippen molar-refractivity contribution < 1.29 is 18.7 Å². The number of carbonyl (C=O) groups excluding carboxylic acids is 2. The fraction of sp³-hybridized carbons (Fsp3) is 0.0909. The molecule has 0 spiro atoms. The van der Waals surface area contributed by atoms with Crippen molar-refractivity contribution in [1.82, 2.24) is 5.32 Å². The molecular weight excluding hydrogens is 356 g/mol. The summed E-state index contributed by atoms with van der Waals surface area (Å²) in [4.78, 5) is 23.8. The third-order valence-corrected chi connectivity index (χ3v) is 4.24. The van der Waals surface area contributed by atoms with Gasteiger partial charge in [-0.15, -0.1) is 0 Å². The smallest absolute Gasteiger partial charge is 0.412 e.